The molecule has 1 saturated heterocycles. The number of hydrogen-bond donors (Lipinski definition) is 2. The first kappa shape index (κ1) is 12.8. The van der Waals surface area contributed by atoms with E-state index in [2.05, 4.69) is 31.1 Å². The summed E-state index contributed by atoms with van der Waals surface area (Å²) in [7, 11) is 0. The Labute approximate surface area is 109 Å². The van der Waals surface area contributed by atoms with E-state index in [1.54, 1.807) is 6.20 Å². The van der Waals surface area contributed by atoms with Crippen molar-refractivity contribution in [2.75, 3.05) is 38.7 Å². The maximum absolute atomic E-state index is 5.80. The summed E-state index contributed by atoms with van der Waals surface area (Å²) in [5, 5.41) is 3.37. The third-order valence-electron chi connectivity index (χ3n) is 2.72. The largest absolute Gasteiger partial charge is 0.383 e. The van der Waals surface area contributed by atoms with Crippen molar-refractivity contribution in [2.45, 2.75) is 6.54 Å². The Bertz CT molecular complexity index is 368. The molecule has 2 rings (SSSR count). The van der Waals surface area contributed by atoms with Gasteiger partial charge in [0.15, 0.2) is 0 Å². The molecule has 1 aliphatic heterocycles. The summed E-state index contributed by atoms with van der Waals surface area (Å²) in [5.41, 5.74) is 6.82. The van der Waals surface area contributed by atoms with Crippen molar-refractivity contribution in [3.05, 3.63) is 22.3 Å². The number of anilines is 1. The van der Waals surface area contributed by atoms with Crippen molar-refractivity contribution in [2.24, 2.45) is 0 Å². The van der Waals surface area contributed by atoms with Gasteiger partial charge >= 0.3 is 0 Å². The van der Waals surface area contributed by atoms with E-state index in [-0.39, 0.29) is 0 Å². The number of morpholine rings is 1. The van der Waals surface area contributed by atoms with Crippen LogP contribution in [0.4, 0.5) is 5.82 Å². The molecule has 0 bridgehead atoms. The number of nitrogens with one attached hydrogen (secondary N) is 1. The van der Waals surface area contributed by atoms with Crippen LogP contribution in [0.5, 0.6) is 0 Å². The van der Waals surface area contributed by atoms with Crippen molar-refractivity contribution in [1.82, 2.24) is 15.2 Å². The topological polar surface area (TPSA) is 63.4 Å². The van der Waals surface area contributed by atoms with Crippen LogP contribution < -0.4 is 11.1 Å². The van der Waals surface area contributed by atoms with Crippen molar-refractivity contribution < 1.29 is 4.74 Å². The zero-order chi connectivity index (χ0) is 12.1. The fourth-order valence-electron chi connectivity index (χ4n) is 1.74. The van der Waals surface area contributed by atoms with Crippen LogP contribution in [0.15, 0.2) is 16.7 Å². The van der Waals surface area contributed by atoms with E-state index in [0.29, 0.717) is 5.82 Å². The van der Waals surface area contributed by atoms with E-state index in [9.17, 15) is 0 Å². The van der Waals surface area contributed by atoms with Gasteiger partial charge in [-0.1, -0.05) is 0 Å². The molecular formula is C11H17BrN4O. The summed E-state index contributed by atoms with van der Waals surface area (Å²) < 4.78 is 6.25. The molecule has 3 N–H and O–H groups in total. The standard InChI is InChI=1S/C11H17BrN4O/c12-10-5-9(11(13)15-7-10)6-14-8-16-1-3-17-4-2-16/h5,7,14H,1-4,6,8H2,(H2,13,15). The average molecular weight is 301 g/mol. The van der Waals surface area contributed by atoms with E-state index in [4.69, 9.17) is 10.5 Å². The second-order valence-corrected chi connectivity index (χ2v) is 4.93. The molecule has 0 unspecified atom stereocenters. The molecule has 0 spiro atoms. The number of nitrogens with zero attached hydrogens (tertiary/aromatic N) is 2. The molecule has 1 aromatic heterocycles. The van der Waals surface area contributed by atoms with Gasteiger partial charge in [0.05, 0.1) is 13.2 Å². The molecule has 0 radical (unpaired) electrons. The quantitative estimate of drug-likeness (QED) is 0.861. The molecule has 0 aliphatic carbocycles. The van der Waals surface area contributed by atoms with Gasteiger partial charge in [0.25, 0.3) is 0 Å². The monoisotopic (exact) mass is 300 g/mol. The van der Waals surface area contributed by atoms with Gasteiger partial charge in [-0.05, 0) is 22.0 Å². The second-order valence-electron chi connectivity index (χ2n) is 4.01. The van der Waals surface area contributed by atoms with Crippen LogP contribution in [-0.4, -0.2) is 42.9 Å². The molecule has 6 heteroatoms. The first-order valence-corrected chi connectivity index (χ1v) is 6.46. The summed E-state index contributed by atoms with van der Waals surface area (Å²) >= 11 is 3.39. The van der Waals surface area contributed by atoms with Crippen molar-refractivity contribution in [3.8, 4) is 0 Å². The number of hydrogen-bond acceptors (Lipinski definition) is 5. The average Bonchev–Trinajstić information content (AvgIpc) is 2.35. The van der Waals surface area contributed by atoms with Gasteiger partial charge in [-0.3, -0.25) is 4.90 Å². The number of aromatic nitrogens is 1. The van der Waals surface area contributed by atoms with Gasteiger partial charge < -0.3 is 15.8 Å². The fraction of sp³-hybridized carbons (Fsp3) is 0.545. The Kier molecular flexibility index (Phi) is 4.73. The van der Waals surface area contributed by atoms with Crippen LogP contribution in [0.1, 0.15) is 5.56 Å². The normalized spacial score (nSPS) is 17.2. The van der Waals surface area contributed by atoms with E-state index in [1.807, 2.05) is 6.07 Å². The Morgan fingerprint density at radius 2 is 2.24 bits per heavy atom. The molecule has 0 aromatic carbocycles. The molecule has 0 saturated carbocycles. The van der Waals surface area contributed by atoms with Crippen LogP contribution in [0, 0.1) is 0 Å². The number of ether oxygens (including phenoxy) is 1. The SMILES string of the molecule is Nc1ncc(Br)cc1CNCN1CCOCC1. The van der Waals surface area contributed by atoms with Gasteiger partial charge in [-0.2, -0.15) is 0 Å². The number of halogens is 1. The highest BCUT2D eigenvalue weighted by molar-refractivity contribution is 9.10. The van der Waals surface area contributed by atoms with Crippen LogP contribution in [0.25, 0.3) is 0 Å². The first-order valence-electron chi connectivity index (χ1n) is 5.66. The highest BCUT2D eigenvalue weighted by Gasteiger charge is 2.09. The van der Waals surface area contributed by atoms with Gasteiger partial charge in [0, 0.05) is 42.5 Å². The lowest BCUT2D eigenvalue weighted by Gasteiger charge is -2.26. The Morgan fingerprint density at radius 1 is 1.47 bits per heavy atom. The second kappa shape index (κ2) is 6.30. The third-order valence-corrected chi connectivity index (χ3v) is 3.16. The summed E-state index contributed by atoms with van der Waals surface area (Å²) in [6, 6.07) is 1.99. The molecule has 17 heavy (non-hydrogen) atoms. The van der Waals surface area contributed by atoms with Crippen molar-refractivity contribution in [3.63, 3.8) is 0 Å². The summed E-state index contributed by atoms with van der Waals surface area (Å²) in [6.45, 7) is 5.20. The lowest BCUT2D eigenvalue weighted by Crippen LogP contribution is -2.41. The van der Waals surface area contributed by atoms with Crippen LogP contribution in [0.2, 0.25) is 0 Å². The van der Waals surface area contributed by atoms with E-state index < -0.39 is 0 Å². The first-order chi connectivity index (χ1) is 8.25. The molecule has 1 fully saturated rings. The molecule has 5 nitrogen and oxygen atoms in total. The highest BCUT2D eigenvalue weighted by atomic mass is 79.9. The number of nitrogen functional groups attached to an aromatic ring is 1. The Morgan fingerprint density at radius 3 is 3.00 bits per heavy atom. The molecule has 94 valence electrons. The van der Waals surface area contributed by atoms with E-state index in [1.165, 1.54) is 0 Å². The minimum atomic E-state index is 0.586. The van der Waals surface area contributed by atoms with Gasteiger partial charge in [0.2, 0.25) is 0 Å². The number of rotatable bonds is 4. The minimum absolute atomic E-state index is 0.586. The van der Waals surface area contributed by atoms with Crippen molar-refractivity contribution >= 4 is 21.7 Å². The van der Waals surface area contributed by atoms with Gasteiger partial charge in [0.1, 0.15) is 5.82 Å². The zero-order valence-corrected chi connectivity index (χ0v) is 11.2. The highest BCUT2D eigenvalue weighted by Crippen LogP contribution is 2.15. The van der Waals surface area contributed by atoms with E-state index in [0.717, 1.165) is 49.6 Å². The number of nitrogens with two attached hydrogens (primary N) is 1. The van der Waals surface area contributed by atoms with Gasteiger partial charge in [-0.15, -0.1) is 0 Å². The molecule has 1 aromatic rings. The van der Waals surface area contributed by atoms with Crippen molar-refractivity contribution in [1.29, 1.82) is 0 Å². The smallest absolute Gasteiger partial charge is 0.127 e. The molecule has 0 atom stereocenters. The fourth-order valence-corrected chi connectivity index (χ4v) is 2.12. The van der Waals surface area contributed by atoms with Crippen LogP contribution in [-0.2, 0) is 11.3 Å². The van der Waals surface area contributed by atoms with Gasteiger partial charge in [-0.25, -0.2) is 4.98 Å². The minimum Gasteiger partial charge on any atom is -0.383 e. The van der Waals surface area contributed by atoms with Crippen LogP contribution >= 0.6 is 15.9 Å². The maximum atomic E-state index is 5.80. The third kappa shape index (κ3) is 3.92. The summed E-state index contributed by atoms with van der Waals surface area (Å²) in [4.78, 5) is 6.43. The Balaban J connectivity index is 1.79. The lowest BCUT2D eigenvalue weighted by atomic mass is 10.2. The maximum Gasteiger partial charge on any atom is 0.127 e. The molecule has 0 amide bonds. The summed E-state index contributed by atoms with van der Waals surface area (Å²) in [5.74, 6) is 0.586. The van der Waals surface area contributed by atoms with E-state index >= 15 is 0 Å². The predicted octanol–water partition coefficient (Wildman–Crippen LogP) is 0.806. The predicted molar refractivity (Wildman–Crippen MR) is 70.4 cm³/mol. The summed E-state index contributed by atoms with van der Waals surface area (Å²) in [6.07, 6.45) is 1.71. The zero-order valence-electron chi connectivity index (χ0n) is 9.66. The molecular weight excluding hydrogens is 284 g/mol. The lowest BCUT2D eigenvalue weighted by molar-refractivity contribution is 0.0340. The van der Waals surface area contributed by atoms with Crippen LogP contribution in [0.3, 0.4) is 0 Å². The molecule has 1 aliphatic rings. The molecule has 2 heterocycles. The Hall–Kier alpha value is -0.690. The number of pyridine rings is 1.